The first kappa shape index (κ1) is 7.14. The Kier molecular flexibility index (Phi) is 1.49. The fraction of sp³-hybridized carbons (Fsp3) is 0. The Hall–Kier alpha value is -1.53. The Bertz CT molecular complexity index is 467. The molecule has 0 N–H and O–H groups in total. The molecule has 0 atom stereocenters. The lowest BCUT2D eigenvalue weighted by Gasteiger charge is -1.88. The largest absolute Gasteiger partial charge is 0.218 e. The highest BCUT2D eigenvalue weighted by atomic mass is 35.5. The molecule has 0 spiro atoms. The molecule has 2 rings (SSSR count). The van der Waals surface area contributed by atoms with Gasteiger partial charge in [0, 0.05) is 0 Å². The van der Waals surface area contributed by atoms with Gasteiger partial charge in [0.05, 0.1) is 11.0 Å². The quantitative estimate of drug-likeness (QED) is 0.618. The van der Waals surface area contributed by atoms with Gasteiger partial charge in [0.2, 0.25) is 5.28 Å². The Labute approximate surface area is 73.8 Å². The van der Waals surface area contributed by atoms with Gasteiger partial charge in [-0.15, -0.1) is 0 Å². The fourth-order valence-corrected chi connectivity index (χ4v) is 1.31. The summed E-state index contributed by atoms with van der Waals surface area (Å²) < 4.78 is 1.29. The highest BCUT2D eigenvalue weighted by Gasteiger charge is 2.05. The molecule has 1 heterocycles. The van der Waals surface area contributed by atoms with E-state index < -0.39 is 0 Å². The molecule has 0 radical (unpaired) electrons. The van der Waals surface area contributed by atoms with Gasteiger partial charge in [-0.05, 0) is 23.7 Å². The summed E-state index contributed by atoms with van der Waals surface area (Å²) in [6.07, 6.45) is 1.94. The van der Waals surface area contributed by atoms with Crippen LogP contribution in [0.25, 0.3) is 11.0 Å². The maximum Gasteiger partial charge on any atom is 0.217 e. The van der Waals surface area contributed by atoms with Crippen molar-refractivity contribution in [3.8, 4) is 6.19 Å². The van der Waals surface area contributed by atoms with Gasteiger partial charge < -0.3 is 0 Å². The first-order valence-electron chi connectivity index (χ1n) is 3.36. The third-order valence-corrected chi connectivity index (χ3v) is 1.87. The average Bonchev–Trinajstić information content (AvgIpc) is 2.40. The number of benzene rings is 1. The Morgan fingerprint density at radius 3 is 2.92 bits per heavy atom. The highest BCUT2D eigenvalue weighted by molar-refractivity contribution is 6.29. The minimum absolute atomic E-state index is 0.207. The summed E-state index contributed by atoms with van der Waals surface area (Å²) in [5.74, 6) is 0. The van der Waals surface area contributed by atoms with Crippen LogP contribution in [0.4, 0.5) is 0 Å². The molecular weight excluding hydrogens is 174 g/mol. The number of imidazole rings is 1. The predicted octanol–water partition coefficient (Wildman–Crippen LogP) is 2.02. The maximum absolute atomic E-state index is 8.69. The molecule has 58 valence electrons. The molecule has 2 aromatic rings. The van der Waals surface area contributed by atoms with Gasteiger partial charge in [-0.3, -0.25) is 0 Å². The van der Waals surface area contributed by atoms with E-state index in [0.717, 1.165) is 11.0 Å². The summed E-state index contributed by atoms with van der Waals surface area (Å²) in [5.41, 5.74) is 1.48. The molecule has 0 aliphatic heterocycles. The van der Waals surface area contributed by atoms with E-state index in [4.69, 9.17) is 16.9 Å². The summed E-state index contributed by atoms with van der Waals surface area (Å²) in [4.78, 5) is 3.99. The molecule has 0 fully saturated rings. The molecule has 0 saturated heterocycles. The molecular formula is C8H4ClN3. The van der Waals surface area contributed by atoms with E-state index in [0.29, 0.717) is 0 Å². The van der Waals surface area contributed by atoms with Gasteiger partial charge in [0.15, 0.2) is 6.19 Å². The second-order valence-corrected chi connectivity index (χ2v) is 2.64. The van der Waals surface area contributed by atoms with E-state index in [-0.39, 0.29) is 5.28 Å². The Morgan fingerprint density at radius 1 is 1.42 bits per heavy atom. The standard InChI is InChI=1S/C8H4ClN3/c9-8-11-6-3-1-2-4-7(6)12(8)5-10/h1-4H. The second-order valence-electron chi connectivity index (χ2n) is 2.30. The molecule has 0 saturated carbocycles. The van der Waals surface area contributed by atoms with Gasteiger partial charge >= 0.3 is 0 Å². The van der Waals surface area contributed by atoms with Crippen LogP contribution in [-0.2, 0) is 0 Å². The van der Waals surface area contributed by atoms with Gasteiger partial charge in [0.1, 0.15) is 0 Å². The number of rotatable bonds is 0. The molecule has 4 heteroatoms. The normalized spacial score (nSPS) is 10.0. The van der Waals surface area contributed by atoms with Gasteiger partial charge in [0.25, 0.3) is 0 Å². The molecule has 0 amide bonds. The van der Waals surface area contributed by atoms with Crippen molar-refractivity contribution in [1.82, 2.24) is 9.55 Å². The summed E-state index contributed by atoms with van der Waals surface area (Å²) in [7, 11) is 0. The third-order valence-electron chi connectivity index (χ3n) is 1.62. The van der Waals surface area contributed by atoms with E-state index in [1.165, 1.54) is 4.57 Å². The van der Waals surface area contributed by atoms with E-state index in [9.17, 15) is 0 Å². The number of para-hydroxylation sites is 2. The van der Waals surface area contributed by atoms with Crippen molar-refractivity contribution in [2.75, 3.05) is 0 Å². The molecule has 0 aliphatic rings. The van der Waals surface area contributed by atoms with Crippen LogP contribution in [0.2, 0.25) is 5.28 Å². The van der Waals surface area contributed by atoms with Gasteiger partial charge in [-0.1, -0.05) is 12.1 Å². The molecule has 0 aliphatic carbocycles. The predicted molar refractivity (Wildman–Crippen MR) is 45.8 cm³/mol. The molecule has 0 bridgehead atoms. The zero-order valence-electron chi connectivity index (χ0n) is 6.03. The Balaban J connectivity index is 2.93. The average molecular weight is 178 g/mol. The second kappa shape index (κ2) is 2.50. The van der Waals surface area contributed by atoms with Crippen molar-refractivity contribution >= 4 is 22.6 Å². The van der Waals surface area contributed by atoms with Gasteiger partial charge in [-0.2, -0.15) is 5.26 Å². The summed E-state index contributed by atoms with van der Waals surface area (Å²) in [6, 6.07) is 7.31. The molecule has 3 nitrogen and oxygen atoms in total. The first-order chi connectivity index (χ1) is 5.83. The number of nitrogens with zero attached hydrogens (tertiary/aromatic N) is 3. The van der Waals surface area contributed by atoms with Crippen LogP contribution < -0.4 is 0 Å². The molecule has 12 heavy (non-hydrogen) atoms. The van der Waals surface area contributed by atoms with Crippen molar-refractivity contribution in [2.45, 2.75) is 0 Å². The SMILES string of the molecule is N#Cn1c(Cl)nc2ccccc21. The number of aromatic nitrogens is 2. The summed E-state index contributed by atoms with van der Waals surface area (Å²) >= 11 is 5.70. The Morgan fingerprint density at radius 2 is 2.17 bits per heavy atom. The van der Waals surface area contributed by atoms with Crippen molar-refractivity contribution in [2.24, 2.45) is 0 Å². The number of hydrogen-bond donors (Lipinski definition) is 0. The highest BCUT2D eigenvalue weighted by Crippen LogP contribution is 2.17. The smallest absolute Gasteiger partial charge is 0.217 e. The zero-order valence-corrected chi connectivity index (χ0v) is 6.78. The van der Waals surface area contributed by atoms with E-state index in [1.54, 1.807) is 6.07 Å². The monoisotopic (exact) mass is 177 g/mol. The lowest BCUT2D eigenvalue weighted by molar-refractivity contribution is 1.11. The first-order valence-corrected chi connectivity index (χ1v) is 3.74. The van der Waals surface area contributed by atoms with E-state index in [1.807, 2.05) is 24.4 Å². The summed E-state index contributed by atoms with van der Waals surface area (Å²) in [6.45, 7) is 0. The topological polar surface area (TPSA) is 41.6 Å². The lowest BCUT2D eigenvalue weighted by atomic mass is 10.3. The van der Waals surface area contributed by atoms with Crippen molar-refractivity contribution < 1.29 is 0 Å². The number of halogens is 1. The van der Waals surface area contributed by atoms with Crippen molar-refractivity contribution in [1.29, 1.82) is 5.26 Å². The van der Waals surface area contributed by atoms with Gasteiger partial charge in [-0.25, -0.2) is 9.55 Å². The number of nitriles is 1. The number of hydrogen-bond acceptors (Lipinski definition) is 2. The minimum atomic E-state index is 0.207. The minimum Gasteiger partial charge on any atom is -0.218 e. The van der Waals surface area contributed by atoms with Crippen LogP contribution >= 0.6 is 11.6 Å². The van der Waals surface area contributed by atoms with Crippen molar-refractivity contribution in [3.63, 3.8) is 0 Å². The molecule has 1 aromatic carbocycles. The van der Waals surface area contributed by atoms with Crippen LogP contribution in [-0.4, -0.2) is 9.55 Å². The fourth-order valence-electron chi connectivity index (χ4n) is 1.09. The van der Waals surface area contributed by atoms with E-state index in [2.05, 4.69) is 4.98 Å². The molecule has 0 unspecified atom stereocenters. The molecule has 1 aromatic heterocycles. The maximum atomic E-state index is 8.69. The van der Waals surface area contributed by atoms with Crippen LogP contribution in [0.3, 0.4) is 0 Å². The van der Waals surface area contributed by atoms with Crippen LogP contribution in [0.15, 0.2) is 24.3 Å². The van der Waals surface area contributed by atoms with Crippen LogP contribution in [0, 0.1) is 11.5 Å². The summed E-state index contributed by atoms with van der Waals surface area (Å²) in [5, 5.41) is 8.90. The lowest BCUT2D eigenvalue weighted by Crippen LogP contribution is -1.85. The number of fused-ring (bicyclic) bond motifs is 1. The van der Waals surface area contributed by atoms with Crippen molar-refractivity contribution in [3.05, 3.63) is 29.5 Å². The third kappa shape index (κ3) is 0.858. The van der Waals surface area contributed by atoms with Crippen LogP contribution in [0.5, 0.6) is 0 Å². The zero-order chi connectivity index (χ0) is 8.55. The van der Waals surface area contributed by atoms with Crippen LogP contribution in [0.1, 0.15) is 0 Å². The van der Waals surface area contributed by atoms with E-state index >= 15 is 0 Å².